The van der Waals surface area contributed by atoms with Crippen LogP contribution in [0.15, 0.2) is 18.2 Å². The van der Waals surface area contributed by atoms with Crippen molar-refractivity contribution in [3.05, 3.63) is 28.8 Å². The Labute approximate surface area is 93.6 Å². The van der Waals surface area contributed by atoms with Crippen LogP contribution >= 0.6 is 11.6 Å². The molecule has 0 bridgehead atoms. The Morgan fingerprint density at radius 1 is 1.67 bits per heavy atom. The maximum atomic E-state index is 11.6. The van der Waals surface area contributed by atoms with E-state index in [0.717, 1.165) is 0 Å². The van der Waals surface area contributed by atoms with E-state index in [4.69, 9.17) is 23.8 Å². The highest BCUT2D eigenvalue weighted by Gasteiger charge is 2.12. The Hall–Kier alpha value is -1.66. The van der Waals surface area contributed by atoms with Gasteiger partial charge in [0, 0.05) is 0 Å². The van der Waals surface area contributed by atoms with Gasteiger partial charge >= 0.3 is 0 Å². The molecule has 0 radical (unpaired) electrons. The number of nitrogens with one attached hydrogen (secondary N) is 1. The van der Waals surface area contributed by atoms with E-state index in [0.29, 0.717) is 11.3 Å². The average Bonchev–Trinajstić information content (AvgIpc) is 2.21. The molecule has 0 saturated carbocycles. The van der Waals surface area contributed by atoms with Crippen molar-refractivity contribution in [1.82, 2.24) is 5.32 Å². The summed E-state index contributed by atoms with van der Waals surface area (Å²) in [6, 6.07) is 4.55. The minimum atomic E-state index is -0.338. The van der Waals surface area contributed by atoms with E-state index >= 15 is 0 Å². The third-order valence-electron chi connectivity index (χ3n) is 1.87. The van der Waals surface area contributed by atoms with Crippen LogP contribution < -0.4 is 11.1 Å². The zero-order chi connectivity index (χ0) is 11.4. The summed E-state index contributed by atoms with van der Waals surface area (Å²) in [5.41, 5.74) is 6.27. The first-order chi connectivity index (χ1) is 7.06. The van der Waals surface area contributed by atoms with Gasteiger partial charge in [-0.25, -0.2) is 0 Å². The van der Waals surface area contributed by atoms with E-state index < -0.39 is 0 Å². The number of terminal acetylenes is 1. The summed E-state index contributed by atoms with van der Waals surface area (Å²) < 4.78 is 0. The second-order valence-electron chi connectivity index (χ2n) is 3.07. The highest BCUT2D eigenvalue weighted by molar-refractivity contribution is 6.36. The molecule has 78 valence electrons. The summed E-state index contributed by atoms with van der Waals surface area (Å²) >= 11 is 5.88. The van der Waals surface area contributed by atoms with Crippen LogP contribution in [0, 0.1) is 12.3 Å². The van der Waals surface area contributed by atoms with Crippen molar-refractivity contribution in [2.75, 3.05) is 5.73 Å². The lowest BCUT2D eigenvalue weighted by atomic mass is 10.2. The topological polar surface area (TPSA) is 55.1 Å². The van der Waals surface area contributed by atoms with Crippen LogP contribution in [0.5, 0.6) is 0 Å². The van der Waals surface area contributed by atoms with Crippen LogP contribution in [0.2, 0.25) is 5.02 Å². The van der Waals surface area contributed by atoms with Crippen molar-refractivity contribution in [3.63, 3.8) is 0 Å². The second kappa shape index (κ2) is 4.72. The van der Waals surface area contributed by atoms with E-state index in [9.17, 15) is 4.79 Å². The quantitative estimate of drug-likeness (QED) is 0.591. The van der Waals surface area contributed by atoms with Crippen LogP contribution in [-0.4, -0.2) is 11.9 Å². The third kappa shape index (κ3) is 2.64. The summed E-state index contributed by atoms with van der Waals surface area (Å²) in [7, 11) is 0. The minimum absolute atomic E-state index is 0.249. The number of nitrogens with two attached hydrogens (primary N) is 1. The number of hydrogen-bond donors (Lipinski definition) is 2. The predicted octanol–water partition coefficient (Wildman–Crippen LogP) is 1.67. The van der Waals surface area contributed by atoms with Gasteiger partial charge in [-0.2, -0.15) is 0 Å². The van der Waals surface area contributed by atoms with Crippen LogP contribution in [0.1, 0.15) is 17.3 Å². The molecule has 1 unspecified atom stereocenters. The molecule has 3 nitrogen and oxygen atoms in total. The molecular formula is C11H11ClN2O. The first-order valence-corrected chi connectivity index (χ1v) is 4.75. The SMILES string of the molecule is C#CC(C)NC(=O)c1cccc(N)c1Cl. The van der Waals surface area contributed by atoms with Gasteiger partial charge in [0.2, 0.25) is 0 Å². The molecule has 0 aliphatic heterocycles. The molecule has 0 aromatic heterocycles. The van der Waals surface area contributed by atoms with Gasteiger partial charge in [-0.1, -0.05) is 23.6 Å². The molecule has 1 aromatic rings. The monoisotopic (exact) mass is 222 g/mol. The molecule has 1 atom stereocenters. The molecule has 1 rings (SSSR count). The van der Waals surface area contributed by atoms with Crippen molar-refractivity contribution in [1.29, 1.82) is 0 Å². The largest absolute Gasteiger partial charge is 0.398 e. The van der Waals surface area contributed by atoms with E-state index in [1.807, 2.05) is 0 Å². The van der Waals surface area contributed by atoms with Gasteiger partial charge in [-0.3, -0.25) is 4.79 Å². The Morgan fingerprint density at radius 2 is 2.33 bits per heavy atom. The average molecular weight is 223 g/mol. The fourth-order valence-electron chi connectivity index (χ4n) is 1.04. The van der Waals surface area contributed by atoms with Crippen molar-refractivity contribution >= 4 is 23.2 Å². The number of nitrogen functional groups attached to an aromatic ring is 1. The molecular weight excluding hydrogens is 212 g/mol. The summed E-state index contributed by atoms with van der Waals surface area (Å²) in [5, 5.41) is 2.85. The van der Waals surface area contributed by atoms with Crippen molar-refractivity contribution in [2.24, 2.45) is 0 Å². The third-order valence-corrected chi connectivity index (χ3v) is 2.29. The number of rotatable bonds is 2. The summed E-state index contributed by atoms with van der Waals surface area (Å²) in [4.78, 5) is 11.6. The summed E-state index contributed by atoms with van der Waals surface area (Å²) in [6.07, 6.45) is 5.14. The second-order valence-corrected chi connectivity index (χ2v) is 3.45. The Morgan fingerprint density at radius 3 is 2.93 bits per heavy atom. The Kier molecular flexibility index (Phi) is 3.59. The molecule has 15 heavy (non-hydrogen) atoms. The lowest BCUT2D eigenvalue weighted by Crippen LogP contribution is -2.31. The molecule has 1 aromatic carbocycles. The van der Waals surface area contributed by atoms with Gasteiger partial charge in [-0.15, -0.1) is 6.42 Å². The number of amides is 1. The minimum Gasteiger partial charge on any atom is -0.398 e. The smallest absolute Gasteiger partial charge is 0.253 e. The normalized spacial score (nSPS) is 11.5. The van der Waals surface area contributed by atoms with Crippen LogP contribution in [0.25, 0.3) is 0 Å². The summed E-state index contributed by atoms with van der Waals surface area (Å²) in [6.45, 7) is 1.71. The predicted molar refractivity (Wildman–Crippen MR) is 61.6 cm³/mol. The van der Waals surface area contributed by atoms with Gasteiger partial charge in [0.1, 0.15) is 0 Å². The fraction of sp³-hybridized carbons (Fsp3) is 0.182. The van der Waals surface area contributed by atoms with Gasteiger partial charge < -0.3 is 11.1 Å². The fourth-order valence-corrected chi connectivity index (χ4v) is 1.25. The Balaban J connectivity index is 2.93. The molecule has 3 N–H and O–H groups in total. The lowest BCUT2D eigenvalue weighted by molar-refractivity contribution is 0.0948. The van der Waals surface area contributed by atoms with Crippen molar-refractivity contribution in [3.8, 4) is 12.3 Å². The molecule has 0 aliphatic carbocycles. The van der Waals surface area contributed by atoms with Crippen LogP contribution in [0.4, 0.5) is 5.69 Å². The zero-order valence-corrected chi connectivity index (χ0v) is 9.01. The molecule has 0 heterocycles. The highest BCUT2D eigenvalue weighted by Crippen LogP contribution is 2.22. The van der Waals surface area contributed by atoms with Gasteiger partial charge in [0.15, 0.2) is 0 Å². The van der Waals surface area contributed by atoms with E-state index in [1.54, 1.807) is 25.1 Å². The van der Waals surface area contributed by atoms with Gasteiger partial charge in [-0.05, 0) is 19.1 Å². The number of benzene rings is 1. The molecule has 4 heteroatoms. The van der Waals surface area contributed by atoms with E-state index in [1.165, 1.54) is 0 Å². The maximum Gasteiger partial charge on any atom is 0.253 e. The zero-order valence-electron chi connectivity index (χ0n) is 8.25. The molecule has 0 saturated heterocycles. The first-order valence-electron chi connectivity index (χ1n) is 4.37. The number of hydrogen-bond acceptors (Lipinski definition) is 2. The maximum absolute atomic E-state index is 11.6. The number of anilines is 1. The summed E-state index contributed by atoms with van der Waals surface area (Å²) in [5.74, 6) is 2.07. The van der Waals surface area contributed by atoms with Crippen LogP contribution in [-0.2, 0) is 0 Å². The van der Waals surface area contributed by atoms with E-state index in [-0.39, 0.29) is 17.0 Å². The number of carbonyl (C=O) groups excluding carboxylic acids is 1. The standard InChI is InChI=1S/C11H11ClN2O/c1-3-7(2)14-11(15)8-5-4-6-9(13)10(8)12/h1,4-7H,13H2,2H3,(H,14,15). The number of carbonyl (C=O) groups is 1. The Bertz CT molecular complexity index is 423. The highest BCUT2D eigenvalue weighted by atomic mass is 35.5. The van der Waals surface area contributed by atoms with Crippen molar-refractivity contribution in [2.45, 2.75) is 13.0 Å². The van der Waals surface area contributed by atoms with Crippen LogP contribution in [0.3, 0.4) is 0 Å². The molecule has 1 amide bonds. The lowest BCUT2D eigenvalue weighted by Gasteiger charge is -2.09. The first kappa shape index (κ1) is 11.4. The number of halogens is 1. The van der Waals surface area contributed by atoms with Crippen molar-refractivity contribution < 1.29 is 4.79 Å². The molecule has 0 spiro atoms. The molecule has 0 fully saturated rings. The van der Waals surface area contributed by atoms with Gasteiger partial charge in [0.05, 0.1) is 22.3 Å². The van der Waals surface area contributed by atoms with E-state index in [2.05, 4.69) is 11.2 Å². The molecule has 0 aliphatic rings. The van der Waals surface area contributed by atoms with Gasteiger partial charge in [0.25, 0.3) is 5.91 Å².